The molecule has 0 saturated carbocycles. The van der Waals surface area contributed by atoms with Crippen LogP contribution in [0.25, 0.3) is 0 Å². The van der Waals surface area contributed by atoms with E-state index in [1.165, 1.54) is 24.3 Å². The number of rotatable bonds is 9. The van der Waals surface area contributed by atoms with E-state index in [0.717, 1.165) is 5.75 Å². The predicted molar refractivity (Wildman–Crippen MR) is 95.2 cm³/mol. The van der Waals surface area contributed by atoms with Gasteiger partial charge in [0, 0.05) is 24.2 Å². The standard InChI is InChI=1S/C16H23N3O4S/c1-11(2)10-17-16(21)14(7-8-24-3)18-15(20)12-5-4-6-13(9-12)19(22)23/h4-6,9,11,14H,7-8,10H2,1-3H3,(H,17,21)(H,18,20). The van der Waals surface area contributed by atoms with E-state index in [1.807, 2.05) is 20.1 Å². The third-order valence-electron chi connectivity index (χ3n) is 3.24. The van der Waals surface area contributed by atoms with Crippen molar-refractivity contribution in [1.29, 1.82) is 0 Å². The summed E-state index contributed by atoms with van der Waals surface area (Å²) in [5.41, 5.74) is 0.00239. The molecule has 0 aliphatic heterocycles. The molecule has 0 radical (unpaired) electrons. The van der Waals surface area contributed by atoms with Crippen LogP contribution in [0.4, 0.5) is 5.69 Å². The number of nitro benzene ring substituents is 1. The van der Waals surface area contributed by atoms with Crippen LogP contribution in [0.5, 0.6) is 0 Å². The molecule has 2 amide bonds. The molecule has 132 valence electrons. The van der Waals surface area contributed by atoms with Crippen molar-refractivity contribution < 1.29 is 14.5 Å². The molecule has 1 unspecified atom stereocenters. The van der Waals surface area contributed by atoms with Crippen LogP contribution in [-0.2, 0) is 4.79 Å². The minimum atomic E-state index is -0.664. The van der Waals surface area contributed by atoms with Gasteiger partial charge in [0.05, 0.1) is 4.92 Å². The van der Waals surface area contributed by atoms with E-state index in [2.05, 4.69) is 10.6 Å². The van der Waals surface area contributed by atoms with Gasteiger partial charge in [0.1, 0.15) is 6.04 Å². The number of nitrogens with zero attached hydrogens (tertiary/aromatic N) is 1. The Hall–Kier alpha value is -2.09. The predicted octanol–water partition coefficient (Wildman–Crippen LogP) is 2.22. The first-order chi connectivity index (χ1) is 11.3. The SMILES string of the molecule is CSCCC(NC(=O)c1cccc([N+](=O)[O-])c1)C(=O)NCC(C)C. The molecule has 0 bridgehead atoms. The molecule has 0 saturated heterocycles. The molecule has 0 heterocycles. The Balaban J connectivity index is 2.81. The van der Waals surface area contributed by atoms with Gasteiger partial charge in [0.15, 0.2) is 0 Å². The van der Waals surface area contributed by atoms with E-state index in [9.17, 15) is 19.7 Å². The van der Waals surface area contributed by atoms with Gasteiger partial charge in [-0.3, -0.25) is 19.7 Å². The fourth-order valence-corrected chi connectivity index (χ4v) is 2.41. The molecule has 1 aromatic carbocycles. The average Bonchev–Trinajstić information content (AvgIpc) is 2.56. The maximum atomic E-state index is 12.3. The van der Waals surface area contributed by atoms with Crippen LogP contribution in [0.2, 0.25) is 0 Å². The summed E-state index contributed by atoms with van der Waals surface area (Å²) in [6.07, 6.45) is 2.41. The normalized spacial score (nSPS) is 11.8. The smallest absolute Gasteiger partial charge is 0.270 e. The summed E-state index contributed by atoms with van der Waals surface area (Å²) in [7, 11) is 0. The second-order valence-electron chi connectivity index (χ2n) is 5.75. The second kappa shape index (κ2) is 9.92. The van der Waals surface area contributed by atoms with Crippen LogP contribution < -0.4 is 10.6 Å². The molecule has 7 nitrogen and oxygen atoms in total. The van der Waals surface area contributed by atoms with Crippen LogP contribution >= 0.6 is 11.8 Å². The maximum Gasteiger partial charge on any atom is 0.270 e. The van der Waals surface area contributed by atoms with E-state index in [-0.39, 0.29) is 17.2 Å². The van der Waals surface area contributed by atoms with Crippen LogP contribution in [0, 0.1) is 16.0 Å². The number of thioether (sulfide) groups is 1. The number of benzene rings is 1. The molecule has 8 heteroatoms. The number of nitrogens with one attached hydrogen (secondary N) is 2. The second-order valence-corrected chi connectivity index (χ2v) is 6.74. The molecule has 0 spiro atoms. The Morgan fingerprint density at radius 2 is 2.04 bits per heavy atom. The lowest BCUT2D eigenvalue weighted by molar-refractivity contribution is -0.384. The number of nitro groups is 1. The van der Waals surface area contributed by atoms with Crippen LogP contribution in [0.1, 0.15) is 30.6 Å². The Bertz CT molecular complexity index is 592. The number of carbonyl (C=O) groups is 2. The first-order valence-corrected chi connectivity index (χ1v) is 9.06. The molecular formula is C16H23N3O4S. The number of non-ortho nitro benzene ring substituents is 1. The van der Waals surface area contributed by atoms with Crippen molar-refractivity contribution in [3.8, 4) is 0 Å². The molecule has 0 aliphatic carbocycles. The van der Waals surface area contributed by atoms with Gasteiger partial charge in [-0.1, -0.05) is 19.9 Å². The van der Waals surface area contributed by atoms with Crippen LogP contribution in [-0.4, -0.2) is 41.3 Å². The summed E-state index contributed by atoms with van der Waals surface area (Å²) in [4.78, 5) is 34.8. The highest BCUT2D eigenvalue weighted by Gasteiger charge is 2.22. The van der Waals surface area contributed by atoms with Gasteiger partial charge in [-0.15, -0.1) is 0 Å². The number of hydrogen-bond acceptors (Lipinski definition) is 5. The highest BCUT2D eigenvalue weighted by molar-refractivity contribution is 7.98. The molecule has 1 rings (SSSR count). The highest BCUT2D eigenvalue weighted by atomic mass is 32.2. The molecule has 0 aromatic heterocycles. The summed E-state index contributed by atoms with van der Waals surface area (Å²) < 4.78 is 0. The molecule has 24 heavy (non-hydrogen) atoms. The number of hydrogen-bond donors (Lipinski definition) is 2. The van der Waals surface area contributed by atoms with Crippen molar-refractivity contribution in [3.05, 3.63) is 39.9 Å². The van der Waals surface area contributed by atoms with Crippen molar-refractivity contribution in [2.45, 2.75) is 26.3 Å². The van der Waals surface area contributed by atoms with Gasteiger partial charge < -0.3 is 10.6 Å². The fourth-order valence-electron chi connectivity index (χ4n) is 1.93. The third-order valence-corrected chi connectivity index (χ3v) is 3.88. The van der Waals surface area contributed by atoms with Gasteiger partial charge in [0.25, 0.3) is 11.6 Å². The summed E-state index contributed by atoms with van der Waals surface area (Å²) in [5, 5.41) is 16.3. The molecule has 0 fully saturated rings. The van der Waals surface area contributed by atoms with Crippen molar-refractivity contribution in [2.24, 2.45) is 5.92 Å². The summed E-state index contributed by atoms with van der Waals surface area (Å²) >= 11 is 1.58. The minimum absolute atomic E-state index is 0.160. The van der Waals surface area contributed by atoms with Crippen molar-refractivity contribution in [1.82, 2.24) is 10.6 Å². The Morgan fingerprint density at radius 3 is 2.62 bits per heavy atom. The van der Waals surface area contributed by atoms with E-state index >= 15 is 0 Å². The summed E-state index contributed by atoms with van der Waals surface area (Å²) in [6.45, 7) is 4.50. The average molecular weight is 353 g/mol. The van der Waals surface area contributed by atoms with Gasteiger partial charge in [-0.2, -0.15) is 11.8 Å². The zero-order chi connectivity index (χ0) is 18.1. The monoisotopic (exact) mass is 353 g/mol. The van der Waals surface area contributed by atoms with E-state index < -0.39 is 16.9 Å². The summed E-state index contributed by atoms with van der Waals surface area (Å²) in [5.74, 6) is 0.290. The first kappa shape index (κ1) is 20.0. The van der Waals surface area contributed by atoms with E-state index in [1.54, 1.807) is 11.8 Å². The maximum absolute atomic E-state index is 12.3. The zero-order valence-electron chi connectivity index (χ0n) is 14.1. The van der Waals surface area contributed by atoms with Crippen molar-refractivity contribution in [2.75, 3.05) is 18.6 Å². The van der Waals surface area contributed by atoms with Crippen LogP contribution in [0.3, 0.4) is 0 Å². The first-order valence-electron chi connectivity index (χ1n) is 7.67. The van der Waals surface area contributed by atoms with E-state index in [0.29, 0.717) is 18.9 Å². The number of carbonyl (C=O) groups excluding carboxylic acids is 2. The minimum Gasteiger partial charge on any atom is -0.354 e. The fraction of sp³-hybridized carbons (Fsp3) is 0.500. The molecule has 1 aromatic rings. The largest absolute Gasteiger partial charge is 0.354 e. The lowest BCUT2D eigenvalue weighted by Crippen LogP contribution is -2.47. The van der Waals surface area contributed by atoms with Crippen molar-refractivity contribution in [3.63, 3.8) is 0 Å². The molecule has 0 aliphatic rings. The lowest BCUT2D eigenvalue weighted by atomic mass is 10.1. The van der Waals surface area contributed by atoms with Gasteiger partial charge in [0.2, 0.25) is 5.91 Å². The topological polar surface area (TPSA) is 101 Å². The lowest BCUT2D eigenvalue weighted by Gasteiger charge is -2.19. The molecule has 2 N–H and O–H groups in total. The van der Waals surface area contributed by atoms with Crippen molar-refractivity contribution >= 4 is 29.3 Å². The quantitative estimate of drug-likeness (QED) is 0.523. The summed E-state index contributed by atoms with van der Waals surface area (Å²) in [6, 6.07) is 4.79. The third kappa shape index (κ3) is 6.57. The Labute approximate surface area is 145 Å². The van der Waals surface area contributed by atoms with E-state index in [4.69, 9.17) is 0 Å². The number of amides is 2. The Kier molecular flexibility index (Phi) is 8.25. The molecule has 1 atom stereocenters. The molecular weight excluding hydrogens is 330 g/mol. The Morgan fingerprint density at radius 1 is 1.33 bits per heavy atom. The van der Waals surface area contributed by atoms with Gasteiger partial charge >= 0.3 is 0 Å². The van der Waals surface area contributed by atoms with Crippen LogP contribution in [0.15, 0.2) is 24.3 Å². The highest BCUT2D eigenvalue weighted by Crippen LogP contribution is 2.13. The van der Waals surface area contributed by atoms with Gasteiger partial charge in [-0.05, 0) is 30.4 Å². The van der Waals surface area contributed by atoms with Gasteiger partial charge in [-0.25, -0.2) is 0 Å². The zero-order valence-corrected chi connectivity index (χ0v) is 14.9.